The van der Waals surface area contributed by atoms with Crippen LogP contribution in [0, 0.1) is 0 Å². The molecule has 0 saturated carbocycles. The molecule has 0 nitrogen and oxygen atoms in total. The summed E-state index contributed by atoms with van der Waals surface area (Å²) >= 11 is 0. The average molecular weight is 762 g/mol. The van der Waals surface area contributed by atoms with Gasteiger partial charge in [0.25, 0.3) is 0 Å². The second kappa shape index (κ2) is 16.6. The van der Waals surface area contributed by atoms with Gasteiger partial charge in [-0.1, -0.05) is 92.9 Å². The highest BCUT2D eigenvalue weighted by Crippen LogP contribution is 2.40. The van der Waals surface area contributed by atoms with Gasteiger partial charge in [0.1, 0.15) is 204 Å². The van der Waals surface area contributed by atoms with Crippen LogP contribution in [0.5, 0.6) is 0 Å². The number of hydrogen-bond donors (Lipinski definition) is 0. The maximum absolute atomic E-state index is 7.10. The van der Waals surface area contributed by atoms with E-state index >= 15 is 0 Å². The molecule has 0 heterocycles. The maximum atomic E-state index is 7.10. The first-order valence-electron chi connectivity index (χ1n) is 19.3. The summed E-state index contributed by atoms with van der Waals surface area (Å²) in [5.41, 5.74) is -3.96. The predicted molar refractivity (Wildman–Crippen MR) is 313 cm³/mol. The SMILES string of the molecule is [B]c1c([B])c(-c2c3c([B])c([B])c([B])c([B])c3c(-c3c([B])c([B])c([B])c4c([B])c([B])c([B])c([B])c34)c3c([B])c([B])c([B])c([B])c23)c([B])c([B])c1-c1c([B])c([B])c2c([B])c([B])c([B])c([B])c2c1[B]. The highest BCUT2D eigenvalue weighted by Gasteiger charge is 2.30. The number of hydrogen-bond acceptors (Lipinski definition) is 0. The van der Waals surface area contributed by atoms with Gasteiger partial charge in [-0.15, -0.1) is 49.2 Å². The van der Waals surface area contributed by atoms with Gasteiger partial charge in [0, 0.05) is 0 Å². The average Bonchev–Trinajstić information content (AvgIpc) is 3.28. The van der Waals surface area contributed by atoms with Crippen LogP contribution in [0.2, 0.25) is 0 Å². The Morgan fingerprint density at radius 1 is 0.0909 bits per heavy atom. The molecule has 0 unspecified atom stereocenters. The number of rotatable bonds is 3. The van der Waals surface area contributed by atoms with E-state index in [1.807, 2.05) is 0 Å². The second-order valence-electron chi connectivity index (χ2n) is 16.0. The molecule has 8 rings (SSSR count). The molecule has 0 amide bonds. The molecule has 0 bridgehead atoms. The fraction of sp³-hybridized carbons (Fsp3) is 0. The van der Waals surface area contributed by atoms with Crippen molar-refractivity contribution in [3.05, 3.63) is 0 Å². The highest BCUT2D eigenvalue weighted by molar-refractivity contribution is 6.77. The molecule has 66 heavy (non-hydrogen) atoms. The lowest BCUT2D eigenvalue weighted by Crippen LogP contribution is -2.53. The van der Waals surface area contributed by atoms with Crippen LogP contribution in [0.1, 0.15) is 0 Å². The molecule has 0 aliphatic carbocycles. The lowest BCUT2D eigenvalue weighted by atomic mass is 9.55. The minimum absolute atomic E-state index is 0.00301. The largest absolute Gasteiger partial charge is 0.115 e. The zero-order valence-corrected chi connectivity index (χ0v) is 35.0. The van der Waals surface area contributed by atoms with E-state index in [4.69, 9.17) is 204 Å². The van der Waals surface area contributed by atoms with Gasteiger partial charge in [-0.05, 0) is 76.5 Å². The van der Waals surface area contributed by atoms with Crippen LogP contribution in [-0.4, -0.2) is 204 Å². The molecule has 0 fully saturated rings. The first-order chi connectivity index (χ1) is 30.7. The normalized spacial score (nSPS) is 11.7. The van der Waals surface area contributed by atoms with E-state index in [0.29, 0.717) is 0 Å². The Bertz CT molecular complexity index is 3530. The van der Waals surface area contributed by atoms with Crippen LogP contribution in [-0.2, 0) is 0 Å². The Morgan fingerprint density at radius 3 is 0.530 bits per heavy atom. The monoisotopic (exact) mass is 766 g/mol. The molecule has 0 aliphatic heterocycles. The first-order valence-corrected chi connectivity index (χ1v) is 19.3. The van der Waals surface area contributed by atoms with E-state index < -0.39 is 0 Å². The molecule has 8 aromatic rings. The van der Waals surface area contributed by atoms with Crippen molar-refractivity contribution < 1.29 is 0 Å². The zero-order valence-electron chi connectivity index (χ0n) is 35.0. The number of fused-ring (bicyclic) bond motifs is 4. The summed E-state index contributed by atoms with van der Waals surface area (Å²) in [5.74, 6) is 0. The second-order valence-corrected chi connectivity index (χ2v) is 16.0. The van der Waals surface area contributed by atoms with Gasteiger partial charge in [0.05, 0.1) is 0 Å². The van der Waals surface area contributed by atoms with Crippen LogP contribution in [0.4, 0.5) is 0 Å². The van der Waals surface area contributed by atoms with Gasteiger partial charge in [-0.2, -0.15) is 0 Å². The topological polar surface area (TPSA) is 0 Å². The summed E-state index contributed by atoms with van der Waals surface area (Å²) < 4.78 is 0. The Hall–Kier alpha value is -3.51. The van der Waals surface area contributed by atoms with Gasteiger partial charge in [-0.3, -0.25) is 0 Å². The van der Waals surface area contributed by atoms with Crippen molar-refractivity contribution in [2.45, 2.75) is 0 Å². The molecular weight excluding hydrogens is 762 g/mol. The summed E-state index contributed by atoms with van der Waals surface area (Å²) in [4.78, 5) is 0. The molecule has 26 heteroatoms. The Balaban J connectivity index is 1.68. The van der Waals surface area contributed by atoms with E-state index in [-0.39, 0.29) is 219 Å². The molecule has 0 atom stereocenters. The van der Waals surface area contributed by atoms with Gasteiger partial charge in [0.2, 0.25) is 0 Å². The quantitative estimate of drug-likeness (QED) is 0.124. The van der Waals surface area contributed by atoms with Gasteiger partial charge in [-0.25, -0.2) is 0 Å². The molecule has 8 aromatic carbocycles. The molecule has 0 N–H and O–H groups in total. The maximum Gasteiger partial charge on any atom is 0.115 e. The Labute approximate surface area is 419 Å². The standard InChI is InChI=1S/C40B26/c41-15-11(24(50)27(53)14-12(15)30(56)39(65)40(66)31(14)57)13-25(51)22(48)9(23(49)26(13)52)2-6-3(17(43)33(59)35(61)19(6)45)1(4-7(2)20(46)36(62)34(60)18(4)44)5-8-10(28(54)32(58)16(5)42)29(55)38(64)37(63)21(8)47. The van der Waals surface area contributed by atoms with E-state index in [9.17, 15) is 0 Å². The van der Waals surface area contributed by atoms with Crippen molar-refractivity contribution in [1.29, 1.82) is 0 Å². The molecular formula is C40B26. The van der Waals surface area contributed by atoms with Crippen LogP contribution in [0.15, 0.2) is 0 Å². The van der Waals surface area contributed by atoms with Gasteiger partial charge in [0.15, 0.2) is 0 Å². The summed E-state index contributed by atoms with van der Waals surface area (Å²) in [5, 5.41) is 0.357. The zero-order chi connectivity index (χ0) is 49.1. The van der Waals surface area contributed by atoms with E-state index in [2.05, 4.69) is 0 Å². The van der Waals surface area contributed by atoms with Crippen molar-refractivity contribution in [3.8, 4) is 33.4 Å². The molecule has 238 valence electrons. The third-order valence-corrected chi connectivity index (χ3v) is 12.8. The fourth-order valence-electron chi connectivity index (χ4n) is 9.19. The minimum Gasteiger partial charge on any atom is -0.110 e. The van der Waals surface area contributed by atoms with Crippen molar-refractivity contribution >= 4 is 389 Å². The fourth-order valence-corrected chi connectivity index (χ4v) is 9.19. The Morgan fingerprint density at radius 2 is 0.227 bits per heavy atom. The minimum atomic E-state index is -0.252. The van der Waals surface area contributed by atoms with E-state index in [0.717, 1.165) is 0 Å². The van der Waals surface area contributed by atoms with Gasteiger partial charge >= 0.3 is 0 Å². The van der Waals surface area contributed by atoms with Crippen molar-refractivity contribution in [1.82, 2.24) is 0 Å². The summed E-state index contributed by atoms with van der Waals surface area (Å²) in [6, 6.07) is 0. The van der Waals surface area contributed by atoms with Crippen molar-refractivity contribution in [2.24, 2.45) is 0 Å². The predicted octanol–water partition coefficient (Wildman–Crippen LogP) is -20.1. The van der Waals surface area contributed by atoms with Crippen LogP contribution in [0.25, 0.3) is 76.5 Å². The highest BCUT2D eigenvalue weighted by atomic mass is 14.3. The Kier molecular flexibility index (Phi) is 12.3. The first kappa shape index (κ1) is 48.9. The van der Waals surface area contributed by atoms with Crippen LogP contribution < -0.4 is 142 Å². The third kappa shape index (κ3) is 6.29. The number of benzene rings is 8. The molecule has 0 spiro atoms. The lowest BCUT2D eigenvalue weighted by molar-refractivity contribution is 1.83. The van der Waals surface area contributed by atoms with Gasteiger partial charge < -0.3 is 0 Å². The molecule has 0 aliphatic rings. The summed E-state index contributed by atoms with van der Waals surface area (Å²) in [7, 11) is 174. The van der Waals surface area contributed by atoms with Crippen molar-refractivity contribution in [3.63, 3.8) is 0 Å². The van der Waals surface area contributed by atoms with Crippen LogP contribution in [0.3, 0.4) is 0 Å². The third-order valence-electron chi connectivity index (χ3n) is 12.8. The van der Waals surface area contributed by atoms with Crippen LogP contribution >= 0.6 is 0 Å². The smallest absolute Gasteiger partial charge is 0.110 e. The van der Waals surface area contributed by atoms with E-state index in [1.54, 1.807) is 0 Å². The summed E-state index contributed by atoms with van der Waals surface area (Å²) in [6.45, 7) is 0. The molecule has 0 saturated heterocycles. The lowest BCUT2D eigenvalue weighted by Gasteiger charge is -2.33. The summed E-state index contributed by atoms with van der Waals surface area (Å²) in [6.07, 6.45) is 0. The van der Waals surface area contributed by atoms with Crippen molar-refractivity contribution in [2.75, 3.05) is 0 Å². The van der Waals surface area contributed by atoms with E-state index in [1.165, 1.54) is 0 Å². The molecule has 52 radical (unpaired) electrons. The molecule has 0 aromatic heterocycles.